The van der Waals surface area contributed by atoms with Crippen LogP contribution >= 0.6 is 0 Å². The van der Waals surface area contributed by atoms with Crippen LogP contribution in [-0.4, -0.2) is 15.5 Å². The molecule has 4 nitrogen and oxygen atoms in total. The lowest BCUT2D eigenvalue weighted by molar-refractivity contribution is 0.0467. The molecule has 0 bridgehead atoms. The predicted molar refractivity (Wildman–Crippen MR) is 79.1 cm³/mol. The lowest BCUT2D eigenvalue weighted by Crippen LogP contribution is -2.06. The minimum Gasteiger partial charge on any atom is -0.456 e. The van der Waals surface area contributed by atoms with Gasteiger partial charge in [-0.15, -0.1) is 0 Å². The van der Waals surface area contributed by atoms with Crippen LogP contribution < -0.4 is 0 Å². The van der Waals surface area contributed by atoms with Crippen molar-refractivity contribution in [2.45, 2.75) is 6.61 Å². The van der Waals surface area contributed by atoms with E-state index in [0.717, 1.165) is 11.4 Å². The molecule has 21 heavy (non-hydrogen) atoms. The highest BCUT2D eigenvalue weighted by atomic mass is 16.5. The first kappa shape index (κ1) is 13.1. The third-order valence-corrected chi connectivity index (χ3v) is 3.06. The van der Waals surface area contributed by atoms with Crippen LogP contribution in [0.5, 0.6) is 0 Å². The Labute approximate surface area is 122 Å². The average Bonchev–Trinajstić information content (AvgIpc) is 3.08. The fourth-order valence-corrected chi connectivity index (χ4v) is 2.01. The van der Waals surface area contributed by atoms with Crippen molar-refractivity contribution in [1.29, 1.82) is 0 Å². The van der Waals surface area contributed by atoms with Crippen LogP contribution in [0.4, 0.5) is 0 Å². The number of carbonyl (C=O) groups is 1. The number of benzene rings is 1. The monoisotopic (exact) mass is 278 g/mol. The van der Waals surface area contributed by atoms with Crippen molar-refractivity contribution in [3.05, 3.63) is 84.4 Å². The number of pyridine rings is 1. The Balaban J connectivity index is 1.72. The van der Waals surface area contributed by atoms with Gasteiger partial charge in [0.05, 0.1) is 11.3 Å². The number of aromatic nitrogens is 2. The summed E-state index contributed by atoms with van der Waals surface area (Å²) in [6, 6.07) is 16.7. The molecule has 0 amide bonds. The van der Waals surface area contributed by atoms with Gasteiger partial charge in [-0.05, 0) is 42.5 Å². The van der Waals surface area contributed by atoms with Gasteiger partial charge in [-0.2, -0.15) is 0 Å². The van der Waals surface area contributed by atoms with Crippen LogP contribution in [0.25, 0.3) is 5.69 Å². The van der Waals surface area contributed by atoms with E-state index in [0.29, 0.717) is 5.56 Å². The van der Waals surface area contributed by atoms with E-state index in [-0.39, 0.29) is 12.6 Å². The highest BCUT2D eigenvalue weighted by Crippen LogP contribution is 2.12. The molecule has 0 radical (unpaired) electrons. The molecule has 0 unspecified atom stereocenters. The Bertz CT molecular complexity index is 722. The third-order valence-electron chi connectivity index (χ3n) is 3.06. The fourth-order valence-electron chi connectivity index (χ4n) is 2.01. The van der Waals surface area contributed by atoms with E-state index in [4.69, 9.17) is 4.74 Å². The number of hydrogen-bond donors (Lipinski definition) is 0. The van der Waals surface area contributed by atoms with Gasteiger partial charge >= 0.3 is 5.97 Å². The summed E-state index contributed by atoms with van der Waals surface area (Å²) in [5, 5.41) is 0. The lowest BCUT2D eigenvalue weighted by Gasteiger charge is -2.07. The van der Waals surface area contributed by atoms with Gasteiger partial charge in [0, 0.05) is 24.3 Å². The van der Waals surface area contributed by atoms with E-state index in [1.54, 1.807) is 18.3 Å². The molecule has 3 aromatic rings. The third kappa shape index (κ3) is 3.17. The summed E-state index contributed by atoms with van der Waals surface area (Å²) in [6.45, 7) is 0.174. The zero-order valence-corrected chi connectivity index (χ0v) is 11.3. The Morgan fingerprint density at radius 1 is 1.05 bits per heavy atom. The highest BCUT2D eigenvalue weighted by molar-refractivity contribution is 5.90. The van der Waals surface area contributed by atoms with Gasteiger partial charge < -0.3 is 9.30 Å². The molecule has 1 aromatic carbocycles. The molecule has 0 saturated heterocycles. The number of nitrogens with zero attached hydrogens (tertiary/aromatic N) is 2. The highest BCUT2D eigenvalue weighted by Gasteiger charge is 2.08. The molecule has 0 N–H and O–H groups in total. The second kappa shape index (κ2) is 6.05. The van der Waals surface area contributed by atoms with Gasteiger partial charge in [0.15, 0.2) is 0 Å². The summed E-state index contributed by atoms with van der Waals surface area (Å²) in [6.07, 6.45) is 5.53. The van der Waals surface area contributed by atoms with E-state index in [2.05, 4.69) is 4.98 Å². The van der Waals surface area contributed by atoms with Crippen LogP contribution in [-0.2, 0) is 11.3 Å². The van der Waals surface area contributed by atoms with Crippen molar-refractivity contribution in [3.63, 3.8) is 0 Å². The summed E-state index contributed by atoms with van der Waals surface area (Å²) in [5.41, 5.74) is 2.18. The fraction of sp³-hybridized carbons (Fsp3) is 0.0588. The van der Waals surface area contributed by atoms with E-state index < -0.39 is 0 Å². The van der Waals surface area contributed by atoms with Gasteiger partial charge in [-0.3, -0.25) is 4.98 Å². The molecule has 0 aliphatic heterocycles. The molecule has 3 rings (SSSR count). The summed E-state index contributed by atoms with van der Waals surface area (Å²) < 4.78 is 7.22. The first-order chi connectivity index (χ1) is 10.3. The molecule has 0 fully saturated rings. The molecule has 104 valence electrons. The number of ether oxygens (including phenoxy) is 1. The van der Waals surface area contributed by atoms with Gasteiger partial charge in [0.25, 0.3) is 0 Å². The number of hydrogen-bond acceptors (Lipinski definition) is 3. The van der Waals surface area contributed by atoms with Crippen molar-refractivity contribution >= 4 is 5.97 Å². The van der Waals surface area contributed by atoms with Gasteiger partial charge in [-0.1, -0.05) is 12.1 Å². The van der Waals surface area contributed by atoms with Crippen molar-refractivity contribution < 1.29 is 9.53 Å². The smallest absolute Gasteiger partial charge is 0.338 e. The number of rotatable bonds is 4. The molecule has 2 aromatic heterocycles. The topological polar surface area (TPSA) is 44.1 Å². The number of carbonyl (C=O) groups excluding carboxylic acids is 1. The summed E-state index contributed by atoms with van der Waals surface area (Å²) >= 11 is 0. The van der Waals surface area contributed by atoms with Crippen molar-refractivity contribution in [2.75, 3.05) is 0 Å². The van der Waals surface area contributed by atoms with Crippen LogP contribution in [0, 0.1) is 0 Å². The Morgan fingerprint density at radius 2 is 1.90 bits per heavy atom. The standard InChI is InChI=1S/C17H14N2O2/c20-17(21-13-15-7-1-2-9-18-15)14-6-5-8-16(12-14)19-10-3-4-11-19/h1-12H,13H2. The normalized spacial score (nSPS) is 10.3. The first-order valence-corrected chi connectivity index (χ1v) is 6.63. The van der Waals surface area contributed by atoms with Gasteiger partial charge in [-0.25, -0.2) is 4.79 Å². The van der Waals surface area contributed by atoms with Crippen LogP contribution in [0.2, 0.25) is 0 Å². The van der Waals surface area contributed by atoms with E-state index >= 15 is 0 Å². The van der Waals surface area contributed by atoms with Crippen molar-refractivity contribution in [2.24, 2.45) is 0 Å². The maximum Gasteiger partial charge on any atom is 0.338 e. The van der Waals surface area contributed by atoms with Crippen molar-refractivity contribution in [3.8, 4) is 5.69 Å². The quantitative estimate of drug-likeness (QED) is 0.688. The Kier molecular flexibility index (Phi) is 3.78. The molecular formula is C17H14N2O2. The zero-order valence-electron chi connectivity index (χ0n) is 11.3. The minimum absolute atomic E-state index is 0.174. The first-order valence-electron chi connectivity index (χ1n) is 6.63. The SMILES string of the molecule is O=C(OCc1ccccn1)c1cccc(-n2cccc2)c1. The largest absolute Gasteiger partial charge is 0.456 e. The second-order valence-corrected chi connectivity index (χ2v) is 4.54. The molecule has 0 aliphatic rings. The van der Waals surface area contributed by atoms with Gasteiger partial charge in [0.1, 0.15) is 6.61 Å². The minimum atomic E-state index is -0.352. The van der Waals surface area contributed by atoms with E-state index in [9.17, 15) is 4.79 Å². The number of esters is 1. The average molecular weight is 278 g/mol. The van der Waals surface area contributed by atoms with Crippen molar-refractivity contribution in [1.82, 2.24) is 9.55 Å². The maximum absolute atomic E-state index is 12.1. The van der Waals surface area contributed by atoms with Crippen LogP contribution in [0.3, 0.4) is 0 Å². The molecular weight excluding hydrogens is 264 g/mol. The maximum atomic E-state index is 12.1. The zero-order chi connectivity index (χ0) is 14.5. The molecule has 0 saturated carbocycles. The molecule has 0 aliphatic carbocycles. The van der Waals surface area contributed by atoms with Crippen LogP contribution in [0.1, 0.15) is 16.1 Å². The second-order valence-electron chi connectivity index (χ2n) is 4.54. The van der Waals surface area contributed by atoms with E-state index in [1.165, 1.54) is 0 Å². The van der Waals surface area contributed by atoms with Gasteiger partial charge in [0.2, 0.25) is 0 Å². The summed E-state index contributed by atoms with van der Waals surface area (Å²) in [7, 11) is 0. The molecule has 4 heteroatoms. The summed E-state index contributed by atoms with van der Waals surface area (Å²) in [5.74, 6) is -0.352. The summed E-state index contributed by atoms with van der Waals surface area (Å²) in [4.78, 5) is 16.2. The predicted octanol–water partition coefficient (Wildman–Crippen LogP) is 3.23. The molecule has 0 atom stereocenters. The lowest BCUT2D eigenvalue weighted by atomic mass is 10.2. The molecule has 0 spiro atoms. The van der Waals surface area contributed by atoms with Crippen LogP contribution in [0.15, 0.2) is 73.2 Å². The Hall–Kier alpha value is -2.88. The Morgan fingerprint density at radius 3 is 2.67 bits per heavy atom. The molecule has 2 heterocycles. The van der Waals surface area contributed by atoms with E-state index in [1.807, 2.05) is 59.4 Å².